The molecule has 1 unspecified atom stereocenters. The van der Waals surface area contributed by atoms with Crippen LogP contribution in [0.1, 0.15) is 20.8 Å². The van der Waals surface area contributed by atoms with E-state index < -0.39 is 5.60 Å². The minimum absolute atomic E-state index is 0.221. The smallest absolute Gasteiger partial charge is 0.410 e. The Bertz CT molecular complexity index is 626. The summed E-state index contributed by atoms with van der Waals surface area (Å²) in [6, 6.07) is 6.44. The molecule has 3 rings (SSSR count). The molecule has 0 spiro atoms. The van der Waals surface area contributed by atoms with Gasteiger partial charge in [-0.25, -0.2) is 4.79 Å². The van der Waals surface area contributed by atoms with Gasteiger partial charge in [0, 0.05) is 39.3 Å². The Kier molecular flexibility index (Phi) is 4.24. The molecule has 1 atom stereocenters. The fraction of sp³-hybridized carbons (Fsp3) is 0.611. The molecule has 1 amide bonds. The van der Waals surface area contributed by atoms with Gasteiger partial charge in [0.1, 0.15) is 11.4 Å². The van der Waals surface area contributed by atoms with Crippen molar-refractivity contribution in [3.05, 3.63) is 18.2 Å². The lowest BCUT2D eigenvalue weighted by atomic mass is 10.0. The number of carbonyl (C=O) groups is 1. The summed E-state index contributed by atoms with van der Waals surface area (Å²) in [5, 5.41) is 0. The first-order chi connectivity index (χ1) is 11.3. The van der Waals surface area contributed by atoms with E-state index in [0.29, 0.717) is 13.1 Å². The molecule has 6 heteroatoms. The predicted octanol–water partition coefficient (Wildman–Crippen LogP) is 2.57. The minimum Gasteiger partial charge on any atom is -0.497 e. The monoisotopic (exact) mass is 333 g/mol. The fourth-order valence-corrected chi connectivity index (χ4v) is 3.42. The van der Waals surface area contributed by atoms with Crippen molar-refractivity contribution < 1.29 is 14.3 Å². The molecule has 24 heavy (non-hydrogen) atoms. The molecule has 0 aliphatic carbocycles. The number of hydrogen-bond acceptors (Lipinski definition) is 5. The van der Waals surface area contributed by atoms with Crippen LogP contribution in [0.3, 0.4) is 0 Å². The summed E-state index contributed by atoms with van der Waals surface area (Å²) in [7, 11) is 3.78. The van der Waals surface area contributed by atoms with Gasteiger partial charge in [0.15, 0.2) is 0 Å². The van der Waals surface area contributed by atoms with Crippen LogP contribution in [0.4, 0.5) is 16.2 Å². The summed E-state index contributed by atoms with van der Waals surface area (Å²) < 4.78 is 10.9. The number of anilines is 2. The van der Waals surface area contributed by atoms with Crippen LogP contribution < -0.4 is 14.5 Å². The predicted molar refractivity (Wildman–Crippen MR) is 95.2 cm³/mol. The Morgan fingerprint density at radius 2 is 1.92 bits per heavy atom. The van der Waals surface area contributed by atoms with E-state index in [9.17, 15) is 4.79 Å². The normalized spacial score (nSPS) is 20.4. The third kappa shape index (κ3) is 3.23. The van der Waals surface area contributed by atoms with Gasteiger partial charge >= 0.3 is 6.09 Å². The van der Waals surface area contributed by atoms with E-state index in [1.165, 1.54) is 11.4 Å². The molecular weight excluding hydrogens is 306 g/mol. The van der Waals surface area contributed by atoms with E-state index in [-0.39, 0.29) is 12.1 Å². The van der Waals surface area contributed by atoms with Crippen molar-refractivity contribution in [1.29, 1.82) is 0 Å². The van der Waals surface area contributed by atoms with E-state index in [2.05, 4.69) is 29.0 Å². The molecule has 0 bridgehead atoms. The van der Waals surface area contributed by atoms with Crippen molar-refractivity contribution >= 4 is 17.5 Å². The van der Waals surface area contributed by atoms with E-state index in [1.54, 1.807) is 7.11 Å². The van der Waals surface area contributed by atoms with Gasteiger partial charge in [0.25, 0.3) is 0 Å². The lowest BCUT2D eigenvalue weighted by Gasteiger charge is -2.48. The number of nitrogens with zero attached hydrogens (tertiary/aromatic N) is 3. The molecule has 2 aliphatic heterocycles. The Morgan fingerprint density at radius 1 is 1.17 bits per heavy atom. The number of amides is 1. The van der Waals surface area contributed by atoms with E-state index >= 15 is 0 Å². The quantitative estimate of drug-likeness (QED) is 0.790. The van der Waals surface area contributed by atoms with Crippen LogP contribution in [0.2, 0.25) is 0 Å². The molecule has 1 fully saturated rings. The van der Waals surface area contributed by atoms with Crippen LogP contribution in [0.25, 0.3) is 0 Å². The van der Waals surface area contributed by atoms with Crippen LogP contribution >= 0.6 is 0 Å². The Balaban J connectivity index is 1.78. The molecular formula is C18H27N3O3. The van der Waals surface area contributed by atoms with Gasteiger partial charge < -0.3 is 24.2 Å². The summed E-state index contributed by atoms with van der Waals surface area (Å²) in [5.74, 6) is 0.859. The van der Waals surface area contributed by atoms with Gasteiger partial charge in [-0.1, -0.05) is 0 Å². The molecule has 0 N–H and O–H groups in total. The standard InChI is InChI=1S/C18H27N3O3/c1-18(2,3)24-17(22)20-8-9-21-13(12-20)11-19(4)15-7-6-14(23-5)10-16(15)21/h6-7,10,13H,8-9,11-12H2,1-5H3. The largest absolute Gasteiger partial charge is 0.497 e. The Morgan fingerprint density at radius 3 is 2.58 bits per heavy atom. The van der Waals surface area contributed by atoms with Crippen molar-refractivity contribution in [2.45, 2.75) is 32.4 Å². The molecule has 1 aromatic rings. The van der Waals surface area contributed by atoms with Gasteiger partial charge in [-0.05, 0) is 32.9 Å². The number of rotatable bonds is 1. The number of benzene rings is 1. The van der Waals surface area contributed by atoms with Gasteiger partial charge in [-0.2, -0.15) is 0 Å². The number of carbonyl (C=O) groups excluding carboxylic acids is 1. The van der Waals surface area contributed by atoms with Crippen LogP contribution in [-0.2, 0) is 4.74 Å². The molecule has 2 aliphatic rings. The molecule has 0 aromatic heterocycles. The summed E-state index contributed by atoms with van der Waals surface area (Å²) >= 11 is 0. The summed E-state index contributed by atoms with van der Waals surface area (Å²) in [6.45, 7) is 8.74. The second-order valence-corrected chi connectivity index (χ2v) is 7.51. The van der Waals surface area contributed by atoms with Crippen molar-refractivity contribution in [3.8, 4) is 5.75 Å². The SMILES string of the molecule is COc1ccc2c(c1)N1CCN(C(=O)OC(C)(C)C)CC1CN2C. The molecule has 1 aromatic carbocycles. The fourth-order valence-electron chi connectivity index (χ4n) is 3.42. The molecule has 6 nitrogen and oxygen atoms in total. The van der Waals surface area contributed by atoms with Gasteiger partial charge in [-0.3, -0.25) is 0 Å². The van der Waals surface area contributed by atoms with Crippen LogP contribution in [-0.4, -0.2) is 63.0 Å². The van der Waals surface area contributed by atoms with E-state index in [4.69, 9.17) is 9.47 Å². The van der Waals surface area contributed by atoms with Crippen molar-refractivity contribution in [2.75, 3.05) is 50.1 Å². The highest BCUT2D eigenvalue weighted by atomic mass is 16.6. The zero-order chi connectivity index (χ0) is 17.5. The maximum absolute atomic E-state index is 12.4. The van der Waals surface area contributed by atoms with E-state index in [1.807, 2.05) is 31.7 Å². The molecule has 2 heterocycles. The lowest BCUT2D eigenvalue weighted by molar-refractivity contribution is 0.0215. The van der Waals surface area contributed by atoms with Gasteiger partial charge in [0.2, 0.25) is 0 Å². The number of methoxy groups -OCH3 is 1. The minimum atomic E-state index is -0.461. The van der Waals surface area contributed by atoms with Gasteiger partial charge in [0.05, 0.1) is 24.5 Å². The second kappa shape index (κ2) is 6.07. The lowest BCUT2D eigenvalue weighted by Crippen LogP contribution is -2.60. The number of piperazine rings is 1. The number of hydrogen-bond donors (Lipinski definition) is 0. The van der Waals surface area contributed by atoms with Crippen LogP contribution in [0.15, 0.2) is 18.2 Å². The highest BCUT2D eigenvalue weighted by Crippen LogP contribution is 2.38. The highest BCUT2D eigenvalue weighted by molar-refractivity contribution is 5.76. The first kappa shape index (κ1) is 16.7. The molecule has 132 valence electrons. The first-order valence-corrected chi connectivity index (χ1v) is 8.42. The van der Waals surface area contributed by atoms with Crippen molar-refractivity contribution in [3.63, 3.8) is 0 Å². The Labute approximate surface area is 143 Å². The third-order valence-corrected chi connectivity index (χ3v) is 4.52. The summed E-state index contributed by atoms with van der Waals surface area (Å²) in [4.78, 5) is 18.8. The average molecular weight is 333 g/mol. The third-order valence-electron chi connectivity index (χ3n) is 4.52. The maximum atomic E-state index is 12.4. The van der Waals surface area contributed by atoms with Gasteiger partial charge in [-0.15, -0.1) is 0 Å². The number of fused-ring (bicyclic) bond motifs is 3. The zero-order valence-corrected chi connectivity index (χ0v) is 15.2. The zero-order valence-electron chi connectivity index (χ0n) is 15.2. The maximum Gasteiger partial charge on any atom is 0.410 e. The summed E-state index contributed by atoms with van der Waals surface area (Å²) in [5.41, 5.74) is 1.92. The molecule has 0 radical (unpaired) electrons. The average Bonchev–Trinajstić information content (AvgIpc) is 2.52. The molecule has 0 saturated carbocycles. The molecule has 1 saturated heterocycles. The first-order valence-electron chi connectivity index (χ1n) is 8.42. The van der Waals surface area contributed by atoms with Crippen LogP contribution in [0, 0.1) is 0 Å². The summed E-state index contributed by atoms with van der Waals surface area (Å²) in [6.07, 6.45) is -0.221. The number of likely N-dealkylation sites (N-methyl/N-ethyl adjacent to an activating group) is 1. The van der Waals surface area contributed by atoms with Crippen molar-refractivity contribution in [1.82, 2.24) is 4.90 Å². The second-order valence-electron chi connectivity index (χ2n) is 7.51. The number of ether oxygens (including phenoxy) is 2. The van der Waals surface area contributed by atoms with Crippen molar-refractivity contribution in [2.24, 2.45) is 0 Å². The highest BCUT2D eigenvalue weighted by Gasteiger charge is 2.36. The topological polar surface area (TPSA) is 45.3 Å². The van der Waals surface area contributed by atoms with E-state index in [0.717, 1.165) is 18.8 Å². The Hall–Kier alpha value is -2.11. The van der Waals surface area contributed by atoms with Crippen LogP contribution in [0.5, 0.6) is 5.75 Å².